The Labute approximate surface area is 60.1 Å². The second-order valence-electron chi connectivity index (χ2n) is 3.42. The molecule has 0 aromatic heterocycles. The lowest BCUT2D eigenvalue weighted by atomic mass is 10.0. The maximum Gasteiger partial charge on any atom is 0.144 e. The van der Waals surface area contributed by atoms with Crippen LogP contribution in [0.15, 0.2) is 0 Å². The summed E-state index contributed by atoms with van der Waals surface area (Å²) in [4.78, 5) is 0. The standard InChI is InChI=1S/C7H13NO2/c9-6(3-4-6)7(10)2-1-5-8-7/h8-10H,1-5H2. The van der Waals surface area contributed by atoms with Gasteiger partial charge in [-0.1, -0.05) is 0 Å². The van der Waals surface area contributed by atoms with Crippen molar-refractivity contribution in [2.45, 2.75) is 37.0 Å². The Bertz CT molecular complexity index is 148. The van der Waals surface area contributed by atoms with Gasteiger partial charge in [0.15, 0.2) is 0 Å². The smallest absolute Gasteiger partial charge is 0.144 e. The van der Waals surface area contributed by atoms with Crippen LogP contribution >= 0.6 is 0 Å². The number of aliphatic hydroxyl groups is 2. The summed E-state index contributed by atoms with van der Waals surface area (Å²) in [6.07, 6.45) is 3.16. The number of rotatable bonds is 1. The van der Waals surface area contributed by atoms with Gasteiger partial charge in [-0.05, 0) is 32.2 Å². The lowest BCUT2D eigenvalue weighted by Crippen LogP contribution is -2.52. The van der Waals surface area contributed by atoms with E-state index in [1.165, 1.54) is 0 Å². The summed E-state index contributed by atoms with van der Waals surface area (Å²) in [7, 11) is 0. The molecule has 1 heterocycles. The van der Waals surface area contributed by atoms with Gasteiger partial charge < -0.3 is 10.2 Å². The van der Waals surface area contributed by atoms with Crippen LogP contribution in [-0.4, -0.2) is 28.1 Å². The van der Waals surface area contributed by atoms with Crippen LogP contribution in [0, 0.1) is 0 Å². The van der Waals surface area contributed by atoms with Crippen molar-refractivity contribution in [1.82, 2.24) is 5.32 Å². The molecule has 3 nitrogen and oxygen atoms in total. The van der Waals surface area contributed by atoms with Crippen molar-refractivity contribution in [2.24, 2.45) is 0 Å². The predicted molar refractivity (Wildman–Crippen MR) is 36.4 cm³/mol. The molecule has 3 N–H and O–H groups in total. The van der Waals surface area contributed by atoms with Gasteiger partial charge in [-0.3, -0.25) is 5.32 Å². The van der Waals surface area contributed by atoms with E-state index in [4.69, 9.17) is 0 Å². The van der Waals surface area contributed by atoms with Gasteiger partial charge in [-0.25, -0.2) is 0 Å². The number of hydrogen-bond donors (Lipinski definition) is 3. The van der Waals surface area contributed by atoms with E-state index in [9.17, 15) is 10.2 Å². The summed E-state index contributed by atoms with van der Waals surface area (Å²) < 4.78 is 0. The zero-order valence-corrected chi connectivity index (χ0v) is 5.93. The second-order valence-corrected chi connectivity index (χ2v) is 3.42. The minimum Gasteiger partial charge on any atom is -0.385 e. The fraction of sp³-hybridized carbons (Fsp3) is 1.00. The van der Waals surface area contributed by atoms with Crippen LogP contribution in [0.25, 0.3) is 0 Å². The quantitative estimate of drug-likeness (QED) is 0.467. The van der Waals surface area contributed by atoms with Crippen molar-refractivity contribution in [1.29, 1.82) is 0 Å². The minimum absolute atomic E-state index is 0.698. The van der Waals surface area contributed by atoms with Gasteiger partial charge >= 0.3 is 0 Å². The zero-order chi connectivity index (χ0) is 7.24. The highest BCUT2D eigenvalue weighted by Gasteiger charge is 2.58. The van der Waals surface area contributed by atoms with E-state index < -0.39 is 11.3 Å². The Kier molecular flexibility index (Phi) is 1.14. The van der Waals surface area contributed by atoms with Crippen molar-refractivity contribution in [3.63, 3.8) is 0 Å². The summed E-state index contributed by atoms with van der Waals surface area (Å²) in [6.45, 7) is 0.832. The molecule has 0 bridgehead atoms. The third-order valence-electron chi connectivity index (χ3n) is 2.63. The first-order valence-corrected chi connectivity index (χ1v) is 3.86. The summed E-state index contributed by atoms with van der Waals surface area (Å²) >= 11 is 0. The highest BCUT2D eigenvalue weighted by atomic mass is 16.4. The monoisotopic (exact) mass is 143 g/mol. The molecule has 3 heteroatoms. The van der Waals surface area contributed by atoms with Crippen molar-refractivity contribution in [3.8, 4) is 0 Å². The molecule has 0 amide bonds. The molecule has 0 spiro atoms. The molecule has 1 saturated heterocycles. The van der Waals surface area contributed by atoms with Crippen LogP contribution in [-0.2, 0) is 0 Å². The third kappa shape index (κ3) is 0.713. The molecule has 10 heavy (non-hydrogen) atoms. The van der Waals surface area contributed by atoms with E-state index in [1.807, 2.05) is 0 Å². The van der Waals surface area contributed by atoms with Gasteiger partial charge in [0.1, 0.15) is 11.3 Å². The molecular weight excluding hydrogens is 130 g/mol. The Morgan fingerprint density at radius 2 is 1.80 bits per heavy atom. The van der Waals surface area contributed by atoms with Gasteiger partial charge in [0, 0.05) is 0 Å². The number of nitrogens with one attached hydrogen (secondary N) is 1. The normalized spacial score (nSPS) is 43.8. The van der Waals surface area contributed by atoms with E-state index in [-0.39, 0.29) is 0 Å². The van der Waals surface area contributed by atoms with Crippen LogP contribution in [0.4, 0.5) is 0 Å². The first kappa shape index (κ1) is 6.58. The molecule has 1 saturated carbocycles. The highest BCUT2D eigenvalue weighted by Crippen LogP contribution is 2.46. The second kappa shape index (κ2) is 1.72. The first-order valence-electron chi connectivity index (χ1n) is 3.86. The summed E-state index contributed by atoms with van der Waals surface area (Å²) in [6, 6.07) is 0. The maximum atomic E-state index is 9.73. The summed E-state index contributed by atoms with van der Waals surface area (Å²) in [5.41, 5.74) is -1.74. The van der Waals surface area contributed by atoms with E-state index in [2.05, 4.69) is 5.32 Å². The molecule has 2 rings (SSSR count). The molecular formula is C7H13NO2. The van der Waals surface area contributed by atoms with E-state index in [0.717, 1.165) is 25.8 Å². The minimum atomic E-state index is -0.951. The third-order valence-corrected chi connectivity index (χ3v) is 2.63. The topological polar surface area (TPSA) is 52.5 Å². The molecule has 1 aliphatic carbocycles. The summed E-state index contributed by atoms with van der Waals surface area (Å²) in [5, 5.41) is 22.2. The fourth-order valence-corrected chi connectivity index (χ4v) is 1.66. The van der Waals surface area contributed by atoms with Crippen LogP contribution in [0.2, 0.25) is 0 Å². The highest BCUT2D eigenvalue weighted by molar-refractivity contribution is 5.10. The van der Waals surface area contributed by atoms with Gasteiger partial charge in [-0.15, -0.1) is 0 Å². The number of hydrogen-bond acceptors (Lipinski definition) is 3. The Morgan fingerprint density at radius 3 is 2.20 bits per heavy atom. The molecule has 58 valence electrons. The average Bonchev–Trinajstić information content (AvgIpc) is 2.46. The molecule has 0 aromatic rings. The van der Waals surface area contributed by atoms with Crippen molar-refractivity contribution < 1.29 is 10.2 Å². The molecule has 0 radical (unpaired) electrons. The Balaban J connectivity index is 2.13. The molecule has 1 unspecified atom stereocenters. The molecule has 2 aliphatic rings. The molecule has 2 fully saturated rings. The van der Waals surface area contributed by atoms with E-state index >= 15 is 0 Å². The molecule has 1 atom stereocenters. The Morgan fingerprint density at radius 1 is 1.10 bits per heavy atom. The predicted octanol–water partition coefficient (Wildman–Crippen LogP) is -0.417. The SMILES string of the molecule is OC1(C2(O)CCCN2)CC1. The average molecular weight is 143 g/mol. The van der Waals surface area contributed by atoms with Crippen LogP contribution in [0.5, 0.6) is 0 Å². The van der Waals surface area contributed by atoms with Gasteiger partial charge in [0.05, 0.1) is 0 Å². The largest absolute Gasteiger partial charge is 0.385 e. The maximum absolute atomic E-state index is 9.73. The van der Waals surface area contributed by atoms with Crippen molar-refractivity contribution in [3.05, 3.63) is 0 Å². The van der Waals surface area contributed by atoms with Crippen molar-refractivity contribution in [2.75, 3.05) is 6.54 Å². The lowest BCUT2D eigenvalue weighted by molar-refractivity contribution is -0.103. The van der Waals surface area contributed by atoms with Crippen molar-refractivity contribution >= 4 is 0 Å². The zero-order valence-electron chi connectivity index (χ0n) is 5.93. The molecule has 0 aromatic carbocycles. The van der Waals surface area contributed by atoms with Crippen LogP contribution in [0.3, 0.4) is 0 Å². The summed E-state index contributed by atoms with van der Waals surface area (Å²) in [5.74, 6) is 0. The van der Waals surface area contributed by atoms with Crippen LogP contribution in [0.1, 0.15) is 25.7 Å². The van der Waals surface area contributed by atoms with Gasteiger partial charge in [-0.2, -0.15) is 0 Å². The van der Waals surface area contributed by atoms with Crippen LogP contribution < -0.4 is 5.32 Å². The van der Waals surface area contributed by atoms with Gasteiger partial charge in [0.25, 0.3) is 0 Å². The lowest BCUT2D eigenvalue weighted by Gasteiger charge is -2.28. The first-order chi connectivity index (χ1) is 4.66. The van der Waals surface area contributed by atoms with Gasteiger partial charge in [0.2, 0.25) is 0 Å². The fourth-order valence-electron chi connectivity index (χ4n) is 1.66. The molecule has 1 aliphatic heterocycles. The Hall–Kier alpha value is -0.120. The van der Waals surface area contributed by atoms with E-state index in [0.29, 0.717) is 6.42 Å². The van der Waals surface area contributed by atoms with E-state index in [1.54, 1.807) is 0 Å².